The molecule has 2 fully saturated rings. The molecule has 3 heteroatoms. The fraction of sp³-hybridized carbons (Fsp3) is 0.625. The van der Waals surface area contributed by atoms with E-state index in [1.165, 1.54) is 49.3 Å². The van der Waals surface area contributed by atoms with Crippen molar-refractivity contribution in [2.45, 2.75) is 26.8 Å². The highest BCUT2D eigenvalue weighted by Crippen LogP contribution is 2.27. The minimum atomic E-state index is 0. The molecule has 0 aromatic heterocycles. The van der Waals surface area contributed by atoms with Crippen LogP contribution in [0.1, 0.15) is 23.1 Å². The van der Waals surface area contributed by atoms with Gasteiger partial charge in [-0.05, 0) is 68.4 Å². The third-order valence-corrected chi connectivity index (χ3v) is 4.77. The minimum Gasteiger partial charge on any atom is -0.316 e. The van der Waals surface area contributed by atoms with Gasteiger partial charge >= 0.3 is 0 Å². The molecule has 2 saturated heterocycles. The maximum Gasteiger partial charge on any atom is 0.0233 e. The van der Waals surface area contributed by atoms with Gasteiger partial charge in [-0.3, -0.25) is 4.90 Å². The lowest BCUT2D eigenvalue weighted by atomic mass is 9.88. The summed E-state index contributed by atoms with van der Waals surface area (Å²) in [6.45, 7) is 10.6. The first-order valence-electron chi connectivity index (χ1n) is 7.21. The summed E-state index contributed by atoms with van der Waals surface area (Å²) in [6, 6.07) is 6.91. The van der Waals surface area contributed by atoms with Gasteiger partial charge in [-0.15, -0.1) is 12.4 Å². The Labute approximate surface area is 123 Å². The van der Waals surface area contributed by atoms with E-state index in [9.17, 15) is 0 Å². The lowest BCUT2D eigenvalue weighted by Gasteiger charge is -2.34. The molecule has 1 aromatic carbocycles. The molecule has 0 amide bonds. The molecule has 0 saturated carbocycles. The van der Waals surface area contributed by atoms with Crippen molar-refractivity contribution < 1.29 is 0 Å². The molecule has 2 nitrogen and oxygen atoms in total. The smallest absolute Gasteiger partial charge is 0.0233 e. The highest BCUT2D eigenvalue weighted by atomic mass is 35.5. The van der Waals surface area contributed by atoms with Gasteiger partial charge in [-0.1, -0.05) is 18.2 Å². The summed E-state index contributed by atoms with van der Waals surface area (Å²) in [5, 5.41) is 3.54. The van der Waals surface area contributed by atoms with Gasteiger partial charge in [0.2, 0.25) is 0 Å². The van der Waals surface area contributed by atoms with Crippen LogP contribution in [0.15, 0.2) is 18.2 Å². The van der Waals surface area contributed by atoms with E-state index in [1.807, 2.05) is 0 Å². The molecule has 0 spiro atoms. The third kappa shape index (κ3) is 3.31. The molecule has 106 valence electrons. The average molecular weight is 281 g/mol. The molecule has 2 aliphatic heterocycles. The van der Waals surface area contributed by atoms with Gasteiger partial charge in [0.25, 0.3) is 0 Å². The van der Waals surface area contributed by atoms with Gasteiger partial charge in [0.1, 0.15) is 0 Å². The van der Waals surface area contributed by atoms with Gasteiger partial charge in [0, 0.05) is 13.1 Å². The summed E-state index contributed by atoms with van der Waals surface area (Å²) in [5.41, 5.74) is 4.30. The molecule has 2 aliphatic rings. The Morgan fingerprint density at radius 3 is 2.74 bits per heavy atom. The molecule has 0 radical (unpaired) electrons. The first kappa shape index (κ1) is 14.8. The molecule has 2 heterocycles. The Kier molecular flexibility index (Phi) is 4.88. The van der Waals surface area contributed by atoms with Crippen LogP contribution in [0.25, 0.3) is 0 Å². The number of halogens is 1. The SMILES string of the molecule is Cc1ccc(CN2CCC3CNCC3C2)cc1C.Cl. The second-order valence-corrected chi connectivity index (χ2v) is 6.12. The van der Waals surface area contributed by atoms with Crippen LogP contribution in [0.2, 0.25) is 0 Å². The number of aryl methyl sites for hydroxylation is 2. The van der Waals surface area contributed by atoms with E-state index in [1.54, 1.807) is 0 Å². The molecule has 0 aliphatic carbocycles. The average Bonchev–Trinajstić information content (AvgIpc) is 2.81. The van der Waals surface area contributed by atoms with Crippen LogP contribution in [-0.2, 0) is 6.54 Å². The van der Waals surface area contributed by atoms with Crippen LogP contribution in [0, 0.1) is 25.7 Å². The third-order valence-electron chi connectivity index (χ3n) is 4.77. The Hall–Kier alpha value is -0.570. The van der Waals surface area contributed by atoms with E-state index in [0.717, 1.165) is 18.4 Å². The van der Waals surface area contributed by atoms with Crippen LogP contribution < -0.4 is 5.32 Å². The van der Waals surface area contributed by atoms with Crippen molar-refractivity contribution in [3.05, 3.63) is 34.9 Å². The summed E-state index contributed by atoms with van der Waals surface area (Å²) >= 11 is 0. The number of piperidine rings is 1. The van der Waals surface area contributed by atoms with Crippen molar-refractivity contribution in [2.75, 3.05) is 26.2 Å². The number of hydrogen-bond donors (Lipinski definition) is 1. The molecule has 1 N–H and O–H groups in total. The van der Waals surface area contributed by atoms with Crippen molar-refractivity contribution >= 4 is 12.4 Å². The molecular formula is C16H25ClN2. The fourth-order valence-corrected chi connectivity index (χ4v) is 3.41. The summed E-state index contributed by atoms with van der Waals surface area (Å²) in [5.74, 6) is 1.84. The van der Waals surface area contributed by atoms with Crippen molar-refractivity contribution in [1.82, 2.24) is 10.2 Å². The first-order valence-corrected chi connectivity index (χ1v) is 7.21. The molecular weight excluding hydrogens is 256 g/mol. The van der Waals surface area contributed by atoms with Gasteiger partial charge < -0.3 is 5.32 Å². The summed E-state index contributed by atoms with van der Waals surface area (Å²) in [4.78, 5) is 2.64. The molecule has 19 heavy (non-hydrogen) atoms. The zero-order chi connectivity index (χ0) is 12.5. The quantitative estimate of drug-likeness (QED) is 0.896. The molecule has 1 aromatic rings. The van der Waals surface area contributed by atoms with Crippen LogP contribution in [0.4, 0.5) is 0 Å². The maximum absolute atomic E-state index is 3.54. The highest BCUT2D eigenvalue weighted by molar-refractivity contribution is 5.85. The Morgan fingerprint density at radius 2 is 1.95 bits per heavy atom. The Bertz CT molecular complexity index is 433. The minimum absolute atomic E-state index is 0. The van der Waals surface area contributed by atoms with E-state index in [4.69, 9.17) is 0 Å². The van der Waals surface area contributed by atoms with Crippen molar-refractivity contribution in [3.8, 4) is 0 Å². The topological polar surface area (TPSA) is 15.3 Å². The summed E-state index contributed by atoms with van der Waals surface area (Å²) in [7, 11) is 0. The molecule has 0 bridgehead atoms. The number of benzene rings is 1. The molecule has 2 atom stereocenters. The van der Waals surface area contributed by atoms with Gasteiger partial charge in [0.05, 0.1) is 0 Å². The van der Waals surface area contributed by atoms with E-state index in [0.29, 0.717) is 0 Å². The van der Waals surface area contributed by atoms with Gasteiger partial charge in [-0.2, -0.15) is 0 Å². The summed E-state index contributed by atoms with van der Waals surface area (Å²) < 4.78 is 0. The largest absolute Gasteiger partial charge is 0.316 e. The van der Waals surface area contributed by atoms with Crippen molar-refractivity contribution in [2.24, 2.45) is 11.8 Å². The van der Waals surface area contributed by atoms with Gasteiger partial charge in [0.15, 0.2) is 0 Å². The van der Waals surface area contributed by atoms with E-state index in [2.05, 4.69) is 42.3 Å². The summed E-state index contributed by atoms with van der Waals surface area (Å²) in [6.07, 6.45) is 1.38. The Balaban J connectivity index is 0.00000133. The predicted molar refractivity (Wildman–Crippen MR) is 82.9 cm³/mol. The van der Waals surface area contributed by atoms with E-state index >= 15 is 0 Å². The lowest BCUT2D eigenvalue weighted by molar-refractivity contribution is 0.142. The van der Waals surface area contributed by atoms with Crippen molar-refractivity contribution in [3.63, 3.8) is 0 Å². The number of fused-ring (bicyclic) bond motifs is 1. The number of rotatable bonds is 2. The predicted octanol–water partition coefficient (Wildman–Crippen LogP) is 2.77. The lowest BCUT2D eigenvalue weighted by Crippen LogP contribution is -2.39. The van der Waals surface area contributed by atoms with E-state index in [-0.39, 0.29) is 12.4 Å². The highest BCUT2D eigenvalue weighted by Gasteiger charge is 2.32. The van der Waals surface area contributed by atoms with E-state index < -0.39 is 0 Å². The monoisotopic (exact) mass is 280 g/mol. The standard InChI is InChI=1S/C16H24N2.ClH/c1-12-3-4-14(7-13(12)2)10-18-6-5-15-8-17-9-16(15)11-18;/h3-4,7,15-17H,5-6,8-11H2,1-2H3;1H. The number of likely N-dealkylation sites (tertiary alicyclic amines) is 1. The Morgan fingerprint density at radius 1 is 1.16 bits per heavy atom. The second kappa shape index (κ2) is 6.25. The first-order chi connectivity index (χ1) is 8.72. The zero-order valence-electron chi connectivity index (χ0n) is 12.0. The maximum atomic E-state index is 3.54. The van der Waals surface area contributed by atoms with Crippen LogP contribution in [0.3, 0.4) is 0 Å². The molecule has 3 rings (SSSR count). The zero-order valence-corrected chi connectivity index (χ0v) is 12.8. The number of hydrogen-bond acceptors (Lipinski definition) is 2. The number of nitrogens with one attached hydrogen (secondary N) is 1. The van der Waals surface area contributed by atoms with Crippen molar-refractivity contribution in [1.29, 1.82) is 0 Å². The second-order valence-electron chi connectivity index (χ2n) is 6.12. The normalized spacial score (nSPS) is 26.8. The van der Waals surface area contributed by atoms with Crippen LogP contribution >= 0.6 is 12.4 Å². The number of nitrogens with zero attached hydrogens (tertiary/aromatic N) is 1. The van der Waals surface area contributed by atoms with Crippen LogP contribution in [-0.4, -0.2) is 31.1 Å². The fourth-order valence-electron chi connectivity index (χ4n) is 3.41. The molecule has 2 unspecified atom stereocenters. The van der Waals surface area contributed by atoms with Gasteiger partial charge in [-0.25, -0.2) is 0 Å². The van der Waals surface area contributed by atoms with Crippen LogP contribution in [0.5, 0.6) is 0 Å².